The maximum atomic E-state index is 11.8. The van der Waals surface area contributed by atoms with Crippen LogP contribution in [0, 0.1) is 19.3 Å². The van der Waals surface area contributed by atoms with Crippen LogP contribution in [0.15, 0.2) is 84.9 Å². The molecular weight excluding hydrogens is 330 g/mol. The summed E-state index contributed by atoms with van der Waals surface area (Å²) in [5.41, 5.74) is 3.47. The molecule has 0 amide bonds. The zero-order chi connectivity index (χ0) is 18.9. The highest BCUT2D eigenvalue weighted by Gasteiger charge is 2.35. The Kier molecular flexibility index (Phi) is 4.32. The number of para-hydroxylation sites is 2. The molecule has 1 aromatic heterocycles. The van der Waals surface area contributed by atoms with Crippen LogP contribution in [0.5, 0.6) is 0 Å². The molecule has 1 heterocycles. The summed E-state index contributed by atoms with van der Waals surface area (Å²) < 4.78 is 2.10. The fourth-order valence-corrected chi connectivity index (χ4v) is 3.63. The standard InChI is InChI=1S/C25H21NO/c1-3-17-25(27,21-15-13-19(2)14-16-21)24-18-20-9-7-8-12-23(20)26(24)22-10-5-4-6-11-22/h1,4-16,18,27H,17H2,2H3. The Morgan fingerprint density at radius 2 is 1.59 bits per heavy atom. The third-order valence-corrected chi connectivity index (χ3v) is 5.04. The molecule has 0 aliphatic rings. The Bertz CT molecular complexity index is 1120. The number of terminal acetylenes is 1. The van der Waals surface area contributed by atoms with E-state index in [1.807, 2.05) is 79.7 Å². The van der Waals surface area contributed by atoms with Gasteiger partial charge in [0.25, 0.3) is 0 Å². The molecule has 0 fully saturated rings. The maximum absolute atomic E-state index is 11.8. The number of nitrogens with zero attached hydrogens (tertiary/aromatic N) is 1. The highest BCUT2D eigenvalue weighted by Crippen LogP contribution is 2.38. The van der Waals surface area contributed by atoms with Crippen LogP contribution in [0.2, 0.25) is 0 Å². The highest BCUT2D eigenvalue weighted by molar-refractivity contribution is 5.84. The van der Waals surface area contributed by atoms with Crippen molar-refractivity contribution in [2.75, 3.05) is 0 Å². The summed E-state index contributed by atoms with van der Waals surface area (Å²) in [6, 6.07) is 28.2. The van der Waals surface area contributed by atoms with E-state index in [0.717, 1.165) is 33.4 Å². The van der Waals surface area contributed by atoms with Gasteiger partial charge in [-0.1, -0.05) is 66.2 Å². The second-order valence-corrected chi connectivity index (χ2v) is 6.87. The van der Waals surface area contributed by atoms with Gasteiger partial charge in [0.2, 0.25) is 0 Å². The summed E-state index contributed by atoms with van der Waals surface area (Å²) in [6.07, 6.45) is 5.88. The molecule has 3 aromatic carbocycles. The summed E-state index contributed by atoms with van der Waals surface area (Å²) in [4.78, 5) is 0. The Balaban J connectivity index is 2.04. The Morgan fingerprint density at radius 1 is 0.926 bits per heavy atom. The highest BCUT2D eigenvalue weighted by atomic mass is 16.3. The summed E-state index contributed by atoms with van der Waals surface area (Å²) in [5, 5.41) is 12.9. The molecule has 0 spiro atoms. The van der Waals surface area contributed by atoms with Crippen molar-refractivity contribution in [1.29, 1.82) is 0 Å². The van der Waals surface area contributed by atoms with E-state index in [-0.39, 0.29) is 6.42 Å². The lowest BCUT2D eigenvalue weighted by atomic mass is 9.86. The predicted octanol–water partition coefficient (Wildman–Crippen LogP) is 5.20. The summed E-state index contributed by atoms with van der Waals surface area (Å²) in [5.74, 6) is 2.68. The maximum Gasteiger partial charge on any atom is 0.141 e. The van der Waals surface area contributed by atoms with Crippen molar-refractivity contribution in [3.63, 3.8) is 0 Å². The average Bonchev–Trinajstić information content (AvgIpc) is 3.09. The molecular formula is C25H21NO. The van der Waals surface area contributed by atoms with Gasteiger partial charge in [-0.05, 0) is 36.8 Å². The summed E-state index contributed by atoms with van der Waals surface area (Å²) in [7, 11) is 0. The zero-order valence-corrected chi connectivity index (χ0v) is 15.3. The third-order valence-electron chi connectivity index (χ3n) is 5.04. The van der Waals surface area contributed by atoms with Crippen molar-refractivity contribution in [2.45, 2.75) is 18.9 Å². The monoisotopic (exact) mass is 351 g/mol. The minimum Gasteiger partial charge on any atom is -0.378 e. The van der Waals surface area contributed by atoms with Crippen molar-refractivity contribution in [1.82, 2.24) is 4.57 Å². The molecule has 1 N–H and O–H groups in total. The van der Waals surface area contributed by atoms with Gasteiger partial charge in [-0.25, -0.2) is 0 Å². The van der Waals surface area contributed by atoms with Crippen molar-refractivity contribution >= 4 is 10.9 Å². The van der Waals surface area contributed by atoms with Crippen LogP contribution in [0.1, 0.15) is 23.2 Å². The molecule has 27 heavy (non-hydrogen) atoms. The van der Waals surface area contributed by atoms with Crippen molar-refractivity contribution in [3.8, 4) is 18.0 Å². The van der Waals surface area contributed by atoms with Gasteiger partial charge in [-0.2, -0.15) is 0 Å². The van der Waals surface area contributed by atoms with Crippen molar-refractivity contribution in [3.05, 3.63) is 102 Å². The van der Waals surface area contributed by atoms with Crippen LogP contribution in [-0.4, -0.2) is 9.67 Å². The van der Waals surface area contributed by atoms with Gasteiger partial charge in [-0.15, -0.1) is 12.3 Å². The Labute approximate surface area is 159 Å². The second-order valence-electron chi connectivity index (χ2n) is 6.87. The molecule has 2 nitrogen and oxygen atoms in total. The van der Waals surface area contributed by atoms with Gasteiger partial charge in [0.1, 0.15) is 5.60 Å². The lowest BCUT2D eigenvalue weighted by Crippen LogP contribution is -2.29. The molecule has 4 aromatic rings. The number of benzene rings is 3. The van der Waals surface area contributed by atoms with Crippen molar-refractivity contribution in [2.24, 2.45) is 0 Å². The Morgan fingerprint density at radius 3 is 2.30 bits per heavy atom. The van der Waals surface area contributed by atoms with E-state index in [4.69, 9.17) is 6.42 Å². The third kappa shape index (κ3) is 2.93. The van der Waals surface area contributed by atoms with E-state index in [2.05, 4.69) is 22.6 Å². The van der Waals surface area contributed by atoms with Crippen molar-refractivity contribution < 1.29 is 5.11 Å². The molecule has 4 rings (SSSR count). The molecule has 0 aliphatic heterocycles. The molecule has 0 saturated heterocycles. The normalized spacial score (nSPS) is 13.2. The van der Waals surface area contributed by atoms with E-state index in [1.54, 1.807) is 0 Å². The number of aliphatic hydroxyl groups is 1. The molecule has 0 saturated carbocycles. The molecule has 0 bridgehead atoms. The fraction of sp³-hybridized carbons (Fsp3) is 0.120. The van der Waals surface area contributed by atoms with E-state index in [1.165, 1.54) is 0 Å². The SMILES string of the molecule is C#CCC(O)(c1ccc(C)cc1)c1cc2ccccc2n1-c1ccccc1. The van der Waals surface area contributed by atoms with Crippen LogP contribution in [0.25, 0.3) is 16.6 Å². The lowest BCUT2D eigenvalue weighted by molar-refractivity contribution is 0.0804. The number of fused-ring (bicyclic) bond motifs is 1. The minimum absolute atomic E-state index is 0.194. The molecule has 132 valence electrons. The fourth-order valence-electron chi connectivity index (χ4n) is 3.63. The summed E-state index contributed by atoms with van der Waals surface area (Å²) >= 11 is 0. The first-order valence-electron chi connectivity index (χ1n) is 9.03. The topological polar surface area (TPSA) is 25.2 Å². The largest absolute Gasteiger partial charge is 0.378 e. The quantitative estimate of drug-likeness (QED) is 0.502. The number of hydrogen-bond donors (Lipinski definition) is 1. The van der Waals surface area contributed by atoms with Crippen LogP contribution in [-0.2, 0) is 5.60 Å². The average molecular weight is 351 g/mol. The number of rotatable bonds is 4. The molecule has 2 heteroatoms. The second kappa shape index (κ2) is 6.79. The smallest absolute Gasteiger partial charge is 0.141 e. The lowest BCUT2D eigenvalue weighted by Gasteiger charge is -2.29. The number of aromatic nitrogens is 1. The molecule has 1 unspecified atom stereocenters. The van der Waals surface area contributed by atoms with Gasteiger partial charge in [0, 0.05) is 17.5 Å². The van der Waals surface area contributed by atoms with Gasteiger partial charge in [0.15, 0.2) is 0 Å². The predicted molar refractivity (Wildman–Crippen MR) is 111 cm³/mol. The minimum atomic E-state index is -1.28. The Hall–Kier alpha value is -3.28. The van der Waals surface area contributed by atoms with Gasteiger partial charge >= 0.3 is 0 Å². The molecule has 0 aliphatic carbocycles. The first-order valence-corrected chi connectivity index (χ1v) is 9.03. The van der Waals surface area contributed by atoms with Gasteiger partial charge in [0.05, 0.1) is 11.2 Å². The van der Waals surface area contributed by atoms with Crippen LogP contribution >= 0.6 is 0 Å². The number of hydrogen-bond acceptors (Lipinski definition) is 1. The van der Waals surface area contributed by atoms with E-state index >= 15 is 0 Å². The van der Waals surface area contributed by atoms with Gasteiger partial charge < -0.3 is 9.67 Å². The zero-order valence-electron chi connectivity index (χ0n) is 15.3. The van der Waals surface area contributed by atoms with Crippen LogP contribution in [0.3, 0.4) is 0 Å². The van der Waals surface area contributed by atoms with E-state index in [9.17, 15) is 5.11 Å². The van der Waals surface area contributed by atoms with E-state index in [0.29, 0.717) is 0 Å². The van der Waals surface area contributed by atoms with Gasteiger partial charge in [-0.3, -0.25) is 0 Å². The first-order chi connectivity index (χ1) is 13.1. The number of aryl methyl sites for hydroxylation is 1. The first kappa shape index (κ1) is 17.1. The van der Waals surface area contributed by atoms with E-state index < -0.39 is 5.60 Å². The van der Waals surface area contributed by atoms with Crippen LogP contribution in [0.4, 0.5) is 0 Å². The molecule has 0 radical (unpaired) electrons. The molecule has 1 atom stereocenters. The van der Waals surface area contributed by atoms with Crippen LogP contribution < -0.4 is 0 Å². The summed E-state index contributed by atoms with van der Waals surface area (Å²) in [6.45, 7) is 2.03.